The highest BCUT2D eigenvalue weighted by Crippen LogP contribution is 2.27. The third-order valence-corrected chi connectivity index (χ3v) is 4.01. The lowest BCUT2D eigenvalue weighted by molar-refractivity contribution is 0.827. The lowest BCUT2D eigenvalue weighted by atomic mass is 10.1. The molecule has 0 bridgehead atoms. The van der Waals surface area contributed by atoms with Crippen LogP contribution in [-0.2, 0) is 0 Å². The molecule has 1 atom stereocenters. The summed E-state index contributed by atoms with van der Waals surface area (Å²) < 4.78 is 1.15. The molecule has 1 radical (unpaired) electrons. The Kier molecular flexibility index (Phi) is 3.23. The first kappa shape index (κ1) is 12.2. The van der Waals surface area contributed by atoms with E-state index in [1.54, 1.807) is 17.5 Å². The van der Waals surface area contributed by atoms with Gasteiger partial charge < -0.3 is 5.73 Å². The number of benzene rings is 1. The van der Waals surface area contributed by atoms with Gasteiger partial charge in [-0.3, -0.25) is 0 Å². The minimum atomic E-state index is -0.244. The summed E-state index contributed by atoms with van der Waals surface area (Å²) in [6.45, 7) is 1.97. The van der Waals surface area contributed by atoms with E-state index < -0.39 is 0 Å². The van der Waals surface area contributed by atoms with Gasteiger partial charge in [0.15, 0.2) is 0 Å². The lowest BCUT2D eigenvalue weighted by Gasteiger charge is -2.08. The van der Waals surface area contributed by atoms with Gasteiger partial charge in [0.05, 0.1) is 22.0 Å². The molecular weight excluding hydrogens is 256 g/mol. The molecule has 2 heterocycles. The van der Waals surface area contributed by atoms with Crippen LogP contribution in [-0.4, -0.2) is 15.0 Å². The summed E-state index contributed by atoms with van der Waals surface area (Å²) >= 11 is 1.62. The van der Waals surface area contributed by atoms with Crippen molar-refractivity contribution in [3.63, 3.8) is 0 Å². The summed E-state index contributed by atoms with van der Waals surface area (Å²) in [7, 11) is 0. The molecule has 0 fully saturated rings. The van der Waals surface area contributed by atoms with Gasteiger partial charge in [-0.1, -0.05) is 12.1 Å². The molecule has 3 rings (SSSR count). The second-order valence-corrected chi connectivity index (χ2v) is 5.37. The molecule has 2 N–H and O–H groups in total. The van der Waals surface area contributed by atoms with Crippen molar-refractivity contribution in [3.05, 3.63) is 59.5 Å². The van der Waals surface area contributed by atoms with Crippen LogP contribution in [0.5, 0.6) is 0 Å². The molecule has 0 aliphatic heterocycles. The molecule has 4 nitrogen and oxygen atoms in total. The highest BCUT2D eigenvalue weighted by molar-refractivity contribution is 7.18. The SMILES string of the molecule is Cc1cncnc1[CH]C(N)c1nc2ccccc2s1. The van der Waals surface area contributed by atoms with Gasteiger partial charge >= 0.3 is 0 Å². The molecule has 0 aliphatic carbocycles. The molecular formula is C14H13N4S. The normalized spacial score (nSPS) is 12.7. The number of thiazole rings is 1. The average Bonchev–Trinajstić information content (AvgIpc) is 2.85. The summed E-state index contributed by atoms with van der Waals surface area (Å²) in [6, 6.07) is 7.80. The maximum Gasteiger partial charge on any atom is 0.115 e. The van der Waals surface area contributed by atoms with Crippen molar-refractivity contribution in [3.8, 4) is 0 Å². The van der Waals surface area contributed by atoms with E-state index in [4.69, 9.17) is 5.73 Å². The molecule has 3 aromatic rings. The van der Waals surface area contributed by atoms with E-state index in [0.717, 1.165) is 26.5 Å². The summed E-state index contributed by atoms with van der Waals surface area (Å²) in [4.78, 5) is 12.8. The van der Waals surface area contributed by atoms with Crippen LogP contribution in [0.1, 0.15) is 22.3 Å². The fourth-order valence-electron chi connectivity index (χ4n) is 1.86. The van der Waals surface area contributed by atoms with E-state index in [-0.39, 0.29) is 6.04 Å². The van der Waals surface area contributed by atoms with Gasteiger partial charge in [-0.15, -0.1) is 11.3 Å². The second-order valence-electron chi connectivity index (χ2n) is 4.30. The van der Waals surface area contributed by atoms with Crippen LogP contribution in [0.4, 0.5) is 0 Å². The minimum absolute atomic E-state index is 0.244. The Morgan fingerprint density at radius 1 is 1.32 bits per heavy atom. The van der Waals surface area contributed by atoms with E-state index in [0.29, 0.717) is 0 Å². The van der Waals surface area contributed by atoms with Crippen LogP contribution in [0.25, 0.3) is 10.2 Å². The predicted octanol–water partition coefficient (Wildman–Crippen LogP) is 2.65. The Balaban J connectivity index is 1.87. The molecule has 0 aliphatic rings. The smallest absolute Gasteiger partial charge is 0.115 e. The highest BCUT2D eigenvalue weighted by atomic mass is 32.1. The Hall–Kier alpha value is -1.85. The van der Waals surface area contributed by atoms with Gasteiger partial charge in [0.2, 0.25) is 0 Å². The number of nitrogens with zero attached hydrogens (tertiary/aromatic N) is 3. The summed E-state index contributed by atoms with van der Waals surface area (Å²) in [6.07, 6.45) is 5.24. The van der Waals surface area contributed by atoms with Gasteiger partial charge in [-0.2, -0.15) is 0 Å². The van der Waals surface area contributed by atoms with Crippen molar-refractivity contribution in [2.24, 2.45) is 5.73 Å². The van der Waals surface area contributed by atoms with Gasteiger partial charge in [-0.25, -0.2) is 15.0 Å². The molecule has 5 heteroatoms. The Bertz CT molecular complexity index is 674. The summed E-state index contributed by atoms with van der Waals surface area (Å²) in [5, 5.41) is 0.902. The van der Waals surface area contributed by atoms with Crippen molar-refractivity contribution >= 4 is 21.6 Å². The number of rotatable bonds is 3. The van der Waals surface area contributed by atoms with E-state index in [2.05, 4.69) is 21.0 Å². The minimum Gasteiger partial charge on any atom is -0.321 e. The Labute approximate surface area is 115 Å². The van der Waals surface area contributed by atoms with Crippen LogP contribution >= 0.6 is 11.3 Å². The van der Waals surface area contributed by atoms with Gasteiger partial charge in [0.25, 0.3) is 0 Å². The van der Waals surface area contributed by atoms with E-state index >= 15 is 0 Å². The number of aryl methyl sites for hydroxylation is 1. The quantitative estimate of drug-likeness (QED) is 0.794. The van der Waals surface area contributed by atoms with Crippen LogP contribution < -0.4 is 5.73 Å². The van der Waals surface area contributed by atoms with Crippen molar-refractivity contribution in [1.82, 2.24) is 15.0 Å². The van der Waals surface area contributed by atoms with Gasteiger partial charge in [0, 0.05) is 12.6 Å². The molecule has 0 amide bonds. The van der Waals surface area contributed by atoms with Gasteiger partial charge in [-0.05, 0) is 24.6 Å². The van der Waals surface area contributed by atoms with Crippen molar-refractivity contribution < 1.29 is 0 Å². The zero-order valence-electron chi connectivity index (χ0n) is 10.4. The monoisotopic (exact) mass is 269 g/mol. The van der Waals surface area contributed by atoms with Crippen molar-refractivity contribution in [2.75, 3.05) is 0 Å². The van der Waals surface area contributed by atoms with Gasteiger partial charge in [0.1, 0.15) is 11.3 Å². The average molecular weight is 269 g/mol. The molecule has 0 saturated heterocycles. The topological polar surface area (TPSA) is 64.7 Å². The summed E-state index contributed by atoms with van der Waals surface area (Å²) in [5.41, 5.74) is 9.06. The zero-order valence-corrected chi connectivity index (χ0v) is 11.3. The number of aromatic nitrogens is 3. The molecule has 2 aromatic heterocycles. The largest absolute Gasteiger partial charge is 0.321 e. The first-order valence-electron chi connectivity index (χ1n) is 5.96. The number of hydrogen-bond acceptors (Lipinski definition) is 5. The van der Waals surface area contributed by atoms with E-state index in [9.17, 15) is 0 Å². The molecule has 1 unspecified atom stereocenters. The third-order valence-electron chi connectivity index (χ3n) is 2.87. The third kappa shape index (κ3) is 2.47. The van der Waals surface area contributed by atoms with Crippen molar-refractivity contribution in [2.45, 2.75) is 13.0 Å². The number of nitrogens with two attached hydrogens (primary N) is 1. The summed E-state index contributed by atoms with van der Waals surface area (Å²) in [5.74, 6) is 0. The maximum atomic E-state index is 6.19. The van der Waals surface area contributed by atoms with Crippen LogP contribution in [0, 0.1) is 13.3 Å². The lowest BCUT2D eigenvalue weighted by Crippen LogP contribution is -2.12. The molecule has 19 heavy (non-hydrogen) atoms. The predicted molar refractivity (Wildman–Crippen MR) is 76.7 cm³/mol. The first-order valence-corrected chi connectivity index (χ1v) is 6.78. The molecule has 95 valence electrons. The number of para-hydroxylation sites is 1. The van der Waals surface area contributed by atoms with Crippen LogP contribution in [0.2, 0.25) is 0 Å². The first-order chi connectivity index (χ1) is 9.24. The highest BCUT2D eigenvalue weighted by Gasteiger charge is 2.14. The van der Waals surface area contributed by atoms with E-state index in [1.807, 2.05) is 31.5 Å². The van der Waals surface area contributed by atoms with Crippen LogP contribution in [0.3, 0.4) is 0 Å². The number of hydrogen-bond donors (Lipinski definition) is 1. The number of fused-ring (bicyclic) bond motifs is 1. The Morgan fingerprint density at radius 2 is 2.16 bits per heavy atom. The van der Waals surface area contributed by atoms with E-state index in [1.165, 1.54) is 6.33 Å². The second kappa shape index (κ2) is 5.03. The molecule has 0 spiro atoms. The van der Waals surface area contributed by atoms with Crippen molar-refractivity contribution in [1.29, 1.82) is 0 Å². The fourth-order valence-corrected chi connectivity index (χ4v) is 2.80. The molecule has 1 aromatic carbocycles. The van der Waals surface area contributed by atoms with Crippen LogP contribution in [0.15, 0.2) is 36.8 Å². The standard InChI is InChI=1S/C14H13N4S/c1-9-7-16-8-17-12(9)6-10(15)14-18-11-4-2-3-5-13(11)19-14/h2-8,10H,15H2,1H3. The Morgan fingerprint density at radius 3 is 2.95 bits per heavy atom. The zero-order chi connectivity index (χ0) is 13.2. The molecule has 0 saturated carbocycles. The fraction of sp³-hybridized carbons (Fsp3) is 0.143. The maximum absolute atomic E-state index is 6.19.